The van der Waals surface area contributed by atoms with Crippen LogP contribution in [0.3, 0.4) is 0 Å². The number of methoxy groups -OCH3 is 1. The van der Waals surface area contributed by atoms with Gasteiger partial charge in [-0.1, -0.05) is 18.2 Å². The van der Waals surface area contributed by atoms with E-state index in [1.807, 2.05) is 37.3 Å². The summed E-state index contributed by atoms with van der Waals surface area (Å²) in [5.41, 5.74) is 2.40. The van der Waals surface area contributed by atoms with E-state index in [9.17, 15) is 9.90 Å². The molecule has 1 N–H and O–H groups in total. The Kier molecular flexibility index (Phi) is 3.89. The van der Waals surface area contributed by atoms with Crippen LogP contribution in [-0.4, -0.2) is 18.2 Å². The molecule has 1 aliphatic rings. The maximum atomic E-state index is 12.0. The standard InChI is InChI=1S/C18H17IO3/c1-18(17(20)21)10-12-6-7-13(19)9-15(12)16(18)11-4-3-5-14(8-11)22-2/h3-9,16H,10H2,1-2H3,(H,20,21). The van der Waals surface area contributed by atoms with Crippen molar-refractivity contribution < 1.29 is 14.6 Å². The van der Waals surface area contributed by atoms with E-state index in [-0.39, 0.29) is 5.92 Å². The van der Waals surface area contributed by atoms with Crippen LogP contribution in [0.1, 0.15) is 29.5 Å². The van der Waals surface area contributed by atoms with Crippen LogP contribution in [0, 0.1) is 8.99 Å². The fourth-order valence-electron chi connectivity index (χ4n) is 3.40. The molecule has 0 amide bonds. The first-order chi connectivity index (χ1) is 10.5. The summed E-state index contributed by atoms with van der Waals surface area (Å²) >= 11 is 2.27. The summed E-state index contributed by atoms with van der Waals surface area (Å²) in [5, 5.41) is 9.84. The van der Waals surface area contributed by atoms with Gasteiger partial charge in [0, 0.05) is 9.49 Å². The van der Waals surface area contributed by atoms with Gasteiger partial charge >= 0.3 is 5.97 Å². The normalized spacial score (nSPS) is 23.1. The summed E-state index contributed by atoms with van der Waals surface area (Å²) in [5.74, 6) is -0.166. The van der Waals surface area contributed by atoms with Crippen molar-refractivity contribution in [3.05, 3.63) is 62.7 Å². The van der Waals surface area contributed by atoms with E-state index in [0.29, 0.717) is 6.42 Å². The SMILES string of the molecule is COc1cccc(C2c3cc(I)ccc3CC2(C)C(=O)O)c1. The Labute approximate surface area is 143 Å². The van der Waals surface area contributed by atoms with Crippen molar-refractivity contribution >= 4 is 28.6 Å². The average molecular weight is 408 g/mol. The van der Waals surface area contributed by atoms with Crippen molar-refractivity contribution in [2.24, 2.45) is 5.41 Å². The maximum Gasteiger partial charge on any atom is 0.310 e. The first-order valence-electron chi connectivity index (χ1n) is 7.11. The number of halogens is 1. The van der Waals surface area contributed by atoms with Crippen LogP contribution >= 0.6 is 22.6 Å². The number of carboxylic acids is 1. The van der Waals surface area contributed by atoms with Gasteiger partial charge in [0.2, 0.25) is 0 Å². The van der Waals surface area contributed by atoms with Crippen LogP contribution in [0.2, 0.25) is 0 Å². The van der Waals surface area contributed by atoms with E-state index in [2.05, 4.69) is 34.7 Å². The smallest absolute Gasteiger partial charge is 0.310 e. The summed E-state index contributed by atoms with van der Waals surface area (Å²) in [6, 6.07) is 13.9. The molecule has 0 saturated heterocycles. The lowest BCUT2D eigenvalue weighted by Gasteiger charge is -2.28. The Bertz CT molecular complexity index is 741. The maximum absolute atomic E-state index is 12.0. The van der Waals surface area contributed by atoms with Crippen LogP contribution in [0.25, 0.3) is 0 Å². The number of carboxylic acid groups (broad SMARTS) is 1. The lowest BCUT2D eigenvalue weighted by Crippen LogP contribution is -2.32. The molecule has 4 heteroatoms. The van der Waals surface area contributed by atoms with E-state index >= 15 is 0 Å². The average Bonchev–Trinajstić information content (AvgIpc) is 2.80. The van der Waals surface area contributed by atoms with E-state index in [1.54, 1.807) is 7.11 Å². The molecular weight excluding hydrogens is 391 g/mol. The molecule has 0 radical (unpaired) electrons. The van der Waals surface area contributed by atoms with Gasteiger partial charge in [0.1, 0.15) is 5.75 Å². The molecule has 0 fully saturated rings. The van der Waals surface area contributed by atoms with Crippen LogP contribution in [0.4, 0.5) is 0 Å². The van der Waals surface area contributed by atoms with Gasteiger partial charge in [-0.3, -0.25) is 4.79 Å². The van der Waals surface area contributed by atoms with Gasteiger partial charge < -0.3 is 9.84 Å². The number of benzene rings is 2. The summed E-state index contributed by atoms with van der Waals surface area (Å²) in [4.78, 5) is 12.0. The molecule has 2 atom stereocenters. The number of fused-ring (bicyclic) bond motifs is 1. The van der Waals surface area contributed by atoms with Crippen molar-refractivity contribution in [1.29, 1.82) is 0 Å². The molecular formula is C18H17IO3. The third-order valence-electron chi connectivity index (χ3n) is 4.53. The van der Waals surface area contributed by atoms with Gasteiger partial charge in [-0.2, -0.15) is 0 Å². The molecule has 2 unspecified atom stereocenters. The van der Waals surface area contributed by atoms with E-state index in [4.69, 9.17) is 4.74 Å². The van der Waals surface area contributed by atoms with E-state index in [0.717, 1.165) is 26.0 Å². The number of hydrogen-bond donors (Lipinski definition) is 1. The zero-order chi connectivity index (χ0) is 15.9. The van der Waals surface area contributed by atoms with Gasteiger partial charge in [0.05, 0.1) is 12.5 Å². The predicted molar refractivity (Wildman–Crippen MR) is 93.4 cm³/mol. The van der Waals surface area contributed by atoms with Crippen LogP contribution < -0.4 is 4.74 Å². The quantitative estimate of drug-likeness (QED) is 0.779. The monoisotopic (exact) mass is 408 g/mol. The molecule has 0 aliphatic heterocycles. The fraction of sp³-hybridized carbons (Fsp3) is 0.278. The van der Waals surface area contributed by atoms with Gasteiger partial charge in [-0.15, -0.1) is 0 Å². The van der Waals surface area contributed by atoms with Crippen LogP contribution in [0.15, 0.2) is 42.5 Å². The summed E-state index contributed by atoms with van der Waals surface area (Å²) in [6.45, 7) is 1.84. The Hall–Kier alpha value is -1.56. The van der Waals surface area contributed by atoms with Crippen molar-refractivity contribution in [2.45, 2.75) is 19.3 Å². The molecule has 2 aromatic rings. The third kappa shape index (κ3) is 2.39. The molecule has 3 rings (SSSR count). The Morgan fingerprint density at radius 1 is 1.32 bits per heavy atom. The minimum Gasteiger partial charge on any atom is -0.497 e. The highest BCUT2D eigenvalue weighted by molar-refractivity contribution is 14.1. The Morgan fingerprint density at radius 2 is 2.09 bits per heavy atom. The minimum absolute atomic E-state index is 0.162. The molecule has 0 heterocycles. The second-order valence-corrected chi connectivity index (χ2v) is 7.20. The van der Waals surface area contributed by atoms with Crippen molar-refractivity contribution in [2.75, 3.05) is 7.11 Å². The topological polar surface area (TPSA) is 46.5 Å². The summed E-state index contributed by atoms with van der Waals surface area (Å²) in [7, 11) is 1.63. The van der Waals surface area contributed by atoms with Crippen LogP contribution in [0.5, 0.6) is 5.75 Å². The fourth-order valence-corrected chi connectivity index (χ4v) is 3.92. The zero-order valence-corrected chi connectivity index (χ0v) is 14.6. The lowest BCUT2D eigenvalue weighted by molar-refractivity contribution is -0.148. The number of aliphatic carboxylic acids is 1. The van der Waals surface area contributed by atoms with E-state index in [1.165, 1.54) is 0 Å². The predicted octanol–water partition coefficient (Wildman–Crippen LogP) is 4.08. The Morgan fingerprint density at radius 3 is 2.77 bits per heavy atom. The molecule has 3 nitrogen and oxygen atoms in total. The second kappa shape index (κ2) is 5.57. The molecule has 0 aromatic heterocycles. The zero-order valence-electron chi connectivity index (χ0n) is 12.5. The largest absolute Gasteiger partial charge is 0.497 e. The van der Waals surface area contributed by atoms with Crippen molar-refractivity contribution in [3.63, 3.8) is 0 Å². The molecule has 0 bridgehead atoms. The van der Waals surface area contributed by atoms with Gasteiger partial charge in [0.15, 0.2) is 0 Å². The van der Waals surface area contributed by atoms with Crippen LogP contribution in [-0.2, 0) is 11.2 Å². The molecule has 1 aliphatic carbocycles. The molecule has 2 aromatic carbocycles. The molecule has 22 heavy (non-hydrogen) atoms. The minimum atomic E-state index is -0.834. The Balaban J connectivity index is 2.20. The highest BCUT2D eigenvalue weighted by atomic mass is 127. The first-order valence-corrected chi connectivity index (χ1v) is 8.19. The number of rotatable bonds is 3. The first kappa shape index (κ1) is 15.3. The van der Waals surface area contributed by atoms with Crippen molar-refractivity contribution in [3.8, 4) is 5.75 Å². The molecule has 0 saturated carbocycles. The van der Waals surface area contributed by atoms with Gasteiger partial charge in [-0.05, 0) is 76.9 Å². The van der Waals surface area contributed by atoms with Gasteiger partial charge in [0.25, 0.3) is 0 Å². The van der Waals surface area contributed by atoms with Crippen molar-refractivity contribution in [1.82, 2.24) is 0 Å². The second-order valence-electron chi connectivity index (χ2n) is 5.95. The highest BCUT2D eigenvalue weighted by Gasteiger charge is 2.49. The third-order valence-corrected chi connectivity index (χ3v) is 5.20. The summed E-state index contributed by atoms with van der Waals surface area (Å²) in [6.07, 6.45) is 0.552. The highest BCUT2D eigenvalue weighted by Crippen LogP contribution is 2.51. The molecule has 0 spiro atoms. The lowest BCUT2D eigenvalue weighted by atomic mass is 9.74. The number of carbonyl (C=O) groups is 1. The number of hydrogen-bond acceptors (Lipinski definition) is 2. The number of ether oxygens (including phenoxy) is 1. The summed E-state index contributed by atoms with van der Waals surface area (Å²) < 4.78 is 6.43. The van der Waals surface area contributed by atoms with Gasteiger partial charge in [-0.25, -0.2) is 0 Å². The van der Waals surface area contributed by atoms with E-state index < -0.39 is 11.4 Å². The molecule has 114 valence electrons.